The molecule has 98 valence electrons. The van der Waals surface area contributed by atoms with E-state index >= 15 is 0 Å². The Hall–Kier alpha value is -1.39. The molecule has 0 aliphatic carbocycles. The quantitative estimate of drug-likeness (QED) is 0.676. The van der Waals surface area contributed by atoms with Crippen LogP contribution in [0, 0.1) is 5.82 Å². The number of amides is 1. The molecule has 0 heterocycles. The number of carbonyl (C=O) groups is 1. The van der Waals surface area contributed by atoms with E-state index < -0.39 is 17.3 Å². The molecule has 18 heavy (non-hydrogen) atoms. The van der Waals surface area contributed by atoms with Gasteiger partial charge in [-0.1, -0.05) is 17.7 Å². The van der Waals surface area contributed by atoms with Crippen molar-refractivity contribution in [1.82, 2.24) is 5.48 Å². The van der Waals surface area contributed by atoms with Gasteiger partial charge >= 0.3 is 0 Å². The zero-order chi connectivity index (χ0) is 13.8. The Morgan fingerprint density at radius 3 is 2.67 bits per heavy atom. The Morgan fingerprint density at radius 2 is 2.11 bits per heavy atom. The van der Waals surface area contributed by atoms with E-state index in [4.69, 9.17) is 16.4 Å². The van der Waals surface area contributed by atoms with Crippen LogP contribution in [0.3, 0.4) is 0 Å². The first kappa shape index (κ1) is 14.7. The highest BCUT2D eigenvalue weighted by molar-refractivity contribution is 6.32. The molecule has 0 aliphatic rings. The molecule has 0 radical (unpaired) electrons. The number of hydrogen-bond donors (Lipinski definition) is 1. The van der Waals surface area contributed by atoms with Gasteiger partial charge in [-0.2, -0.15) is 0 Å². The molecule has 0 bridgehead atoms. The van der Waals surface area contributed by atoms with Crippen LogP contribution in [-0.2, 0) is 9.63 Å². The Labute approximate surface area is 111 Å². The second kappa shape index (κ2) is 5.98. The SMILES string of the molecule is CC(C)(C)ONC(=O)/C=C/c1c(F)cccc1Cl. The largest absolute Gasteiger partial charge is 0.268 e. The summed E-state index contributed by atoms with van der Waals surface area (Å²) >= 11 is 5.81. The molecule has 1 rings (SSSR count). The van der Waals surface area contributed by atoms with Gasteiger partial charge in [-0.3, -0.25) is 9.63 Å². The third-order valence-corrected chi connectivity index (χ3v) is 2.19. The van der Waals surface area contributed by atoms with Gasteiger partial charge in [-0.15, -0.1) is 0 Å². The first-order valence-electron chi connectivity index (χ1n) is 5.40. The minimum Gasteiger partial charge on any atom is -0.268 e. The van der Waals surface area contributed by atoms with Crippen LogP contribution < -0.4 is 5.48 Å². The minimum absolute atomic E-state index is 0.171. The molecule has 0 saturated carbocycles. The summed E-state index contributed by atoms with van der Waals surface area (Å²) in [5.41, 5.74) is 1.92. The van der Waals surface area contributed by atoms with Crippen LogP contribution in [0.15, 0.2) is 24.3 Å². The molecule has 0 fully saturated rings. The van der Waals surface area contributed by atoms with Crippen molar-refractivity contribution in [2.75, 3.05) is 0 Å². The third-order valence-electron chi connectivity index (χ3n) is 1.86. The van der Waals surface area contributed by atoms with Gasteiger partial charge in [0.2, 0.25) is 0 Å². The van der Waals surface area contributed by atoms with Crippen LogP contribution in [-0.4, -0.2) is 11.5 Å². The van der Waals surface area contributed by atoms with Crippen molar-refractivity contribution in [1.29, 1.82) is 0 Å². The number of nitrogens with one attached hydrogen (secondary N) is 1. The fraction of sp³-hybridized carbons (Fsp3) is 0.308. The molecule has 1 N–H and O–H groups in total. The van der Waals surface area contributed by atoms with Gasteiger partial charge in [0.15, 0.2) is 0 Å². The van der Waals surface area contributed by atoms with Gasteiger partial charge < -0.3 is 0 Å². The van der Waals surface area contributed by atoms with E-state index in [2.05, 4.69) is 5.48 Å². The van der Waals surface area contributed by atoms with Crippen molar-refractivity contribution in [2.45, 2.75) is 26.4 Å². The number of hydroxylamine groups is 1. The van der Waals surface area contributed by atoms with Crippen molar-refractivity contribution in [3.63, 3.8) is 0 Å². The zero-order valence-corrected chi connectivity index (χ0v) is 11.2. The smallest absolute Gasteiger partial charge is 0.267 e. The summed E-state index contributed by atoms with van der Waals surface area (Å²) in [6.07, 6.45) is 2.47. The van der Waals surface area contributed by atoms with E-state index in [1.165, 1.54) is 18.2 Å². The molecule has 1 aromatic carbocycles. The van der Waals surface area contributed by atoms with E-state index in [0.717, 1.165) is 6.08 Å². The number of benzene rings is 1. The molecule has 1 aromatic rings. The molecule has 0 saturated heterocycles. The molecule has 5 heteroatoms. The fourth-order valence-corrected chi connectivity index (χ4v) is 1.29. The summed E-state index contributed by atoms with van der Waals surface area (Å²) in [6, 6.07) is 4.32. The molecule has 3 nitrogen and oxygen atoms in total. The Balaban J connectivity index is 2.67. The van der Waals surface area contributed by atoms with E-state index in [1.54, 1.807) is 26.8 Å². The van der Waals surface area contributed by atoms with E-state index in [-0.39, 0.29) is 10.6 Å². The standard InChI is InChI=1S/C13H15ClFNO2/c1-13(2,3)18-16-12(17)8-7-9-10(14)5-4-6-11(9)15/h4-8H,1-3H3,(H,16,17)/b8-7+. The molecule has 0 spiro atoms. The molecule has 0 aliphatic heterocycles. The molecular formula is C13H15ClFNO2. The first-order valence-corrected chi connectivity index (χ1v) is 5.77. The Bertz CT molecular complexity index is 446. The topological polar surface area (TPSA) is 38.3 Å². The van der Waals surface area contributed by atoms with Gasteiger partial charge in [0.25, 0.3) is 5.91 Å². The van der Waals surface area contributed by atoms with Gasteiger partial charge in [0.1, 0.15) is 5.82 Å². The van der Waals surface area contributed by atoms with Gasteiger partial charge in [0.05, 0.1) is 10.6 Å². The molecule has 0 atom stereocenters. The normalized spacial score (nSPS) is 11.8. The number of halogens is 2. The van der Waals surface area contributed by atoms with Crippen LogP contribution in [0.5, 0.6) is 0 Å². The third kappa shape index (κ3) is 4.85. The summed E-state index contributed by atoms with van der Waals surface area (Å²) < 4.78 is 13.4. The highest BCUT2D eigenvalue weighted by Crippen LogP contribution is 2.20. The van der Waals surface area contributed by atoms with Gasteiger partial charge in [-0.05, 0) is 39.0 Å². The Morgan fingerprint density at radius 1 is 1.44 bits per heavy atom. The summed E-state index contributed by atoms with van der Waals surface area (Å²) in [6.45, 7) is 5.39. The van der Waals surface area contributed by atoms with Crippen LogP contribution in [0.4, 0.5) is 4.39 Å². The average molecular weight is 272 g/mol. The van der Waals surface area contributed by atoms with Crippen molar-refractivity contribution in [3.8, 4) is 0 Å². The summed E-state index contributed by atoms with van der Waals surface area (Å²) in [5.74, 6) is -0.965. The number of carbonyl (C=O) groups excluding carboxylic acids is 1. The zero-order valence-electron chi connectivity index (χ0n) is 10.5. The lowest BCUT2D eigenvalue weighted by atomic mass is 10.2. The molecule has 1 amide bonds. The lowest BCUT2D eigenvalue weighted by molar-refractivity contribution is -0.140. The first-order chi connectivity index (χ1) is 8.29. The molecule has 0 aromatic heterocycles. The van der Waals surface area contributed by atoms with E-state index in [0.29, 0.717) is 0 Å². The monoisotopic (exact) mass is 271 g/mol. The Kier molecular flexibility index (Phi) is 4.87. The molecular weight excluding hydrogens is 257 g/mol. The van der Waals surface area contributed by atoms with Crippen molar-refractivity contribution >= 4 is 23.6 Å². The lowest BCUT2D eigenvalue weighted by Crippen LogP contribution is -2.32. The second-order valence-corrected chi connectivity index (χ2v) is 5.06. The average Bonchev–Trinajstić information content (AvgIpc) is 2.25. The second-order valence-electron chi connectivity index (χ2n) is 4.65. The van der Waals surface area contributed by atoms with Gasteiger partial charge in [0, 0.05) is 11.6 Å². The van der Waals surface area contributed by atoms with Crippen molar-refractivity contribution in [3.05, 3.63) is 40.7 Å². The minimum atomic E-state index is -0.487. The predicted molar refractivity (Wildman–Crippen MR) is 69.4 cm³/mol. The van der Waals surface area contributed by atoms with Crippen LogP contribution in [0.1, 0.15) is 26.3 Å². The maximum absolute atomic E-state index is 13.4. The fourth-order valence-electron chi connectivity index (χ4n) is 1.07. The van der Waals surface area contributed by atoms with E-state index in [9.17, 15) is 9.18 Å². The summed E-state index contributed by atoms with van der Waals surface area (Å²) in [4.78, 5) is 16.5. The lowest BCUT2D eigenvalue weighted by Gasteiger charge is -2.18. The van der Waals surface area contributed by atoms with Crippen LogP contribution in [0.2, 0.25) is 5.02 Å². The van der Waals surface area contributed by atoms with Crippen LogP contribution >= 0.6 is 11.6 Å². The maximum Gasteiger partial charge on any atom is 0.267 e. The highest BCUT2D eigenvalue weighted by atomic mass is 35.5. The summed E-state index contributed by atoms with van der Waals surface area (Å²) in [5, 5.41) is 0.246. The van der Waals surface area contributed by atoms with Crippen molar-refractivity contribution < 1.29 is 14.0 Å². The molecule has 0 unspecified atom stereocenters. The maximum atomic E-state index is 13.4. The summed E-state index contributed by atoms with van der Waals surface area (Å²) in [7, 11) is 0. The van der Waals surface area contributed by atoms with Gasteiger partial charge in [-0.25, -0.2) is 9.87 Å². The van der Waals surface area contributed by atoms with E-state index in [1.807, 2.05) is 0 Å². The highest BCUT2D eigenvalue weighted by Gasteiger charge is 2.11. The van der Waals surface area contributed by atoms with Crippen LogP contribution in [0.25, 0.3) is 6.08 Å². The van der Waals surface area contributed by atoms with Crippen molar-refractivity contribution in [2.24, 2.45) is 0 Å². The number of hydrogen-bond acceptors (Lipinski definition) is 2. The predicted octanol–water partition coefficient (Wildman–Crippen LogP) is 3.34. The number of rotatable bonds is 3.